The lowest BCUT2D eigenvalue weighted by molar-refractivity contribution is -0.928. The van der Waals surface area contributed by atoms with Crippen molar-refractivity contribution in [3.05, 3.63) is 30.1 Å². The SMILES string of the molecule is O=C(c1cccnc1)N1CC[NH+](C2CCCC2)CC1. The van der Waals surface area contributed by atoms with Crippen LogP contribution < -0.4 is 4.90 Å². The maximum absolute atomic E-state index is 12.3. The number of nitrogens with one attached hydrogen (secondary N) is 1. The highest BCUT2D eigenvalue weighted by Crippen LogP contribution is 2.15. The number of hydrogen-bond acceptors (Lipinski definition) is 2. The van der Waals surface area contributed by atoms with Crippen molar-refractivity contribution in [2.45, 2.75) is 31.7 Å². The van der Waals surface area contributed by atoms with Crippen LogP contribution in [-0.2, 0) is 0 Å². The van der Waals surface area contributed by atoms with Gasteiger partial charge in [0.25, 0.3) is 5.91 Å². The van der Waals surface area contributed by atoms with Gasteiger partial charge >= 0.3 is 0 Å². The fourth-order valence-electron chi connectivity index (χ4n) is 3.41. The Morgan fingerprint density at radius 2 is 2.00 bits per heavy atom. The van der Waals surface area contributed by atoms with Crippen molar-refractivity contribution >= 4 is 5.91 Å². The summed E-state index contributed by atoms with van der Waals surface area (Å²) in [6, 6.07) is 4.54. The number of piperazine rings is 1. The van der Waals surface area contributed by atoms with Gasteiger partial charge in [0, 0.05) is 12.4 Å². The minimum atomic E-state index is 0.138. The van der Waals surface area contributed by atoms with Gasteiger partial charge in [-0.1, -0.05) is 0 Å². The minimum absolute atomic E-state index is 0.138. The number of carbonyl (C=O) groups excluding carboxylic acids is 1. The van der Waals surface area contributed by atoms with Gasteiger partial charge in [-0.25, -0.2) is 0 Å². The molecule has 19 heavy (non-hydrogen) atoms. The van der Waals surface area contributed by atoms with Crippen LogP contribution in [0.5, 0.6) is 0 Å². The molecule has 1 aromatic heterocycles. The van der Waals surface area contributed by atoms with Crippen LogP contribution in [0.1, 0.15) is 36.0 Å². The van der Waals surface area contributed by atoms with Crippen molar-refractivity contribution in [3.8, 4) is 0 Å². The third kappa shape index (κ3) is 2.78. The highest BCUT2D eigenvalue weighted by molar-refractivity contribution is 5.93. The molecule has 0 aromatic carbocycles. The Labute approximate surface area is 114 Å². The van der Waals surface area contributed by atoms with Crippen molar-refractivity contribution < 1.29 is 9.69 Å². The van der Waals surface area contributed by atoms with E-state index < -0.39 is 0 Å². The van der Waals surface area contributed by atoms with Gasteiger partial charge in [0.1, 0.15) is 0 Å². The summed E-state index contributed by atoms with van der Waals surface area (Å²) in [5.41, 5.74) is 0.715. The number of quaternary nitrogens is 1. The van der Waals surface area contributed by atoms with Crippen LogP contribution in [0.25, 0.3) is 0 Å². The largest absolute Gasteiger partial charge is 0.330 e. The van der Waals surface area contributed by atoms with Crippen LogP contribution in [0.15, 0.2) is 24.5 Å². The lowest BCUT2D eigenvalue weighted by Crippen LogP contribution is -3.18. The molecule has 2 aliphatic rings. The molecule has 3 rings (SSSR count). The van der Waals surface area contributed by atoms with Gasteiger partial charge in [-0.2, -0.15) is 0 Å². The summed E-state index contributed by atoms with van der Waals surface area (Å²) in [5, 5.41) is 0. The second kappa shape index (κ2) is 5.70. The molecule has 1 aliphatic carbocycles. The van der Waals surface area contributed by atoms with Crippen molar-refractivity contribution in [3.63, 3.8) is 0 Å². The van der Waals surface area contributed by atoms with Crippen molar-refractivity contribution in [1.29, 1.82) is 0 Å². The molecule has 1 saturated carbocycles. The average molecular weight is 260 g/mol. The molecule has 102 valence electrons. The van der Waals surface area contributed by atoms with E-state index in [-0.39, 0.29) is 5.91 Å². The Morgan fingerprint density at radius 1 is 1.26 bits per heavy atom. The lowest BCUT2D eigenvalue weighted by atomic mass is 10.1. The quantitative estimate of drug-likeness (QED) is 0.834. The zero-order valence-electron chi connectivity index (χ0n) is 11.3. The molecule has 0 atom stereocenters. The highest BCUT2D eigenvalue weighted by Gasteiger charge is 2.31. The maximum Gasteiger partial charge on any atom is 0.255 e. The van der Waals surface area contributed by atoms with Gasteiger partial charge in [0.2, 0.25) is 0 Å². The van der Waals surface area contributed by atoms with E-state index in [1.54, 1.807) is 17.3 Å². The molecule has 4 nitrogen and oxygen atoms in total. The van der Waals surface area contributed by atoms with Crippen molar-refractivity contribution in [2.24, 2.45) is 0 Å². The van der Waals surface area contributed by atoms with Crippen molar-refractivity contribution in [1.82, 2.24) is 9.88 Å². The zero-order chi connectivity index (χ0) is 13.1. The number of amides is 1. The molecule has 1 amide bonds. The summed E-state index contributed by atoms with van der Waals surface area (Å²) in [5.74, 6) is 0.138. The fraction of sp³-hybridized carbons (Fsp3) is 0.600. The van der Waals surface area contributed by atoms with Crippen LogP contribution in [0.4, 0.5) is 0 Å². The van der Waals surface area contributed by atoms with E-state index in [0.717, 1.165) is 32.2 Å². The molecule has 4 heteroatoms. The number of hydrogen-bond donors (Lipinski definition) is 1. The van der Waals surface area contributed by atoms with Gasteiger partial charge in [-0.15, -0.1) is 0 Å². The van der Waals surface area contributed by atoms with Crippen LogP contribution in [0.3, 0.4) is 0 Å². The van der Waals surface area contributed by atoms with Crippen LogP contribution in [0, 0.1) is 0 Å². The number of pyridine rings is 1. The van der Waals surface area contributed by atoms with E-state index in [4.69, 9.17) is 0 Å². The topological polar surface area (TPSA) is 37.6 Å². The molecule has 1 N–H and O–H groups in total. The molecule has 2 heterocycles. The summed E-state index contributed by atoms with van der Waals surface area (Å²) in [6.45, 7) is 3.99. The predicted molar refractivity (Wildman–Crippen MR) is 73.1 cm³/mol. The van der Waals surface area contributed by atoms with Gasteiger partial charge in [0.15, 0.2) is 0 Å². The second-order valence-corrected chi connectivity index (χ2v) is 5.67. The number of aromatic nitrogens is 1. The monoisotopic (exact) mass is 260 g/mol. The van der Waals surface area contributed by atoms with E-state index in [1.165, 1.54) is 25.7 Å². The Morgan fingerprint density at radius 3 is 2.63 bits per heavy atom. The third-order valence-corrected chi connectivity index (χ3v) is 4.53. The molecule has 1 aromatic rings. The predicted octanol–water partition coefficient (Wildman–Crippen LogP) is 0.365. The first-order valence-electron chi connectivity index (χ1n) is 7.38. The van der Waals surface area contributed by atoms with Crippen molar-refractivity contribution in [2.75, 3.05) is 26.2 Å². The first kappa shape index (κ1) is 12.6. The van der Waals surface area contributed by atoms with Gasteiger partial charge in [-0.05, 0) is 37.8 Å². The Balaban J connectivity index is 1.56. The molecular formula is C15H22N3O+. The molecule has 0 unspecified atom stereocenters. The molecular weight excluding hydrogens is 238 g/mol. The average Bonchev–Trinajstić information content (AvgIpc) is 3.02. The summed E-state index contributed by atoms with van der Waals surface area (Å²) >= 11 is 0. The summed E-state index contributed by atoms with van der Waals surface area (Å²) in [6.07, 6.45) is 8.92. The molecule has 0 spiro atoms. The Bertz CT molecular complexity index is 420. The number of nitrogens with zero attached hydrogens (tertiary/aromatic N) is 2. The summed E-state index contributed by atoms with van der Waals surface area (Å²) in [7, 11) is 0. The van der Waals surface area contributed by atoms with Gasteiger partial charge < -0.3 is 9.80 Å². The molecule has 0 bridgehead atoms. The lowest BCUT2D eigenvalue weighted by Gasteiger charge is -2.35. The van der Waals surface area contributed by atoms with E-state index in [2.05, 4.69) is 4.98 Å². The minimum Gasteiger partial charge on any atom is -0.330 e. The third-order valence-electron chi connectivity index (χ3n) is 4.53. The van der Waals surface area contributed by atoms with Gasteiger partial charge in [0.05, 0.1) is 37.8 Å². The molecule has 2 fully saturated rings. The number of carbonyl (C=O) groups is 1. The number of rotatable bonds is 2. The highest BCUT2D eigenvalue weighted by atomic mass is 16.2. The Hall–Kier alpha value is -1.42. The first-order chi connectivity index (χ1) is 9.34. The van der Waals surface area contributed by atoms with E-state index in [1.807, 2.05) is 17.0 Å². The normalized spacial score (nSPS) is 21.8. The zero-order valence-corrected chi connectivity index (χ0v) is 11.3. The first-order valence-corrected chi connectivity index (χ1v) is 7.38. The Kier molecular flexibility index (Phi) is 3.78. The van der Waals surface area contributed by atoms with Crippen LogP contribution >= 0.6 is 0 Å². The maximum atomic E-state index is 12.3. The van der Waals surface area contributed by atoms with Gasteiger partial charge in [-0.3, -0.25) is 9.78 Å². The summed E-state index contributed by atoms with van der Waals surface area (Å²) < 4.78 is 0. The second-order valence-electron chi connectivity index (χ2n) is 5.67. The summed E-state index contributed by atoms with van der Waals surface area (Å²) in [4.78, 5) is 20.0. The molecule has 0 radical (unpaired) electrons. The molecule has 1 saturated heterocycles. The molecule has 1 aliphatic heterocycles. The van der Waals surface area contributed by atoms with Crippen LogP contribution in [0.2, 0.25) is 0 Å². The van der Waals surface area contributed by atoms with E-state index in [9.17, 15) is 4.79 Å². The van der Waals surface area contributed by atoms with Crippen LogP contribution in [-0.4, -0.2) is 48.0 Å². The van der Waals surface area contributed by atoms with E-state index >= 15 is 0 Å². The standard InChI is InChI=1S/C15H21N3O/c19-15(13-4-3-7-16-12-13)18-10-8-17(9-11-18)14-5-1-2-6-14/h3-4,7,12,14H,1-2,5-6,8-11H2/p+1. The smallest absolute Gasteiger partial charge is 0.255 e. The fourth-order valence-corrected chi connectivity index (χ4v) is 3.41. The van der Waals surface area contributed by atoms with E-state index in [0.29, 0.717) is 5.56 Å².